The van der Waals surface area contributed by atoms with Gasteiger partial charge in [-0.2, -0.15) is 0 Å². The maximum Gasteiger partial charge on any atom is 0.312 e. The maximum absolute atomic E-state index is 14.2. The number of carbonyl (C=O) groups excluding carboxylic acids is 3. The molecule has 216 valence electrons. The number of fused-ring (bicyclic) bond motifs is 1. The monoisotopic (exact) mass is 543 g/mol. The summed E-state index contributed by atoms with van der Waals surface area (Å²) in [6.07, 6.45) is 2.12. The van der Waals surface area contributed by atoms with Crippen LogP contribution in [0.5, 0.6) is 0 Å². The van der Waals surface area contributed by atoms with Crippen molar-refractivity contribution in [2.24, 2.45) is 17.8 Å². The smallest absolute Gasteiger partial charge is 0.312 e. The van der Waals surface area contributed by atoms with Gasteiger partial charge in [-0.3, -0.25) is 14.4 Å². The first-order valence-corrected chi connectivity index (χ1v) is 14.6. The summed E-state index contributed by atoms with van der Waals surface area (Å²) in [6, 6.07) is 6.12. The van der Waals surface area contributed by atoms with Crippen LogP contribution in [0.25, 0.3) is 0 Å². The van der Waals surface area contributed by atoms with Crippen LogP contribution in [0.4, 0.5) is 11.4 Å². The Labute approximate surface area is 232 Å². The Morgan fingerprint density at radius 3 is 2.36 bits per heavy atom. The predicted molar refractivity (Wildman–Crippen MR) is 149 cm³/mol. The topological polar surface area (TPSA) is 108 Å². The lowest BCUT2D eigenvalue weighted by Gasteiger charge is -2.37. The van der Waals surface area contributed by atoms with Gasteiger partial charge < -0.3 is 29.7 Å². The Morgan fingerprint density at radius 2 is 1.82 bits per heavy atom. The normalized spacial score (nSPS) is 30.0. The summed E-state index contributed by atoms with van der Waals surface area (Å²) in [5, 5.41) is 13.4. The number of aliphatic hydroxyl groups is 1. The summed E-state index contributed by atoms with van der Waals surface area (Å²) >= 11 is 0. The molecule has 3 fully saturated rings. The third-order valence-electron chi connectivity index (χ3n) is 9.02. The van der Waals surface area contributed by atoms with Gasteiger partial charge in [0.1, 0.15) is 17.6 Å². The van der Waals surface area contributed by atoms with Crippen molar-refractivity contribution in [2.45, 2.75) is 90.5 Å². The Bertz CT molecular complexity index is 1060. The quantitative estimate of drug-likeness (QED) is 0.388. The highest BCUT2D eigenvalue weighted by molar-refractivity contribution is 6.03. The summed E-state index contributed by atoms with van der Waals surface area (Å²) < 4.78 is 12.2. The fourth-order valence-corrected chi connectivity index (χ4v) is 7.31. The molecule has 3 saturated heterocycles. The molecule has 1 aromatic carbocycles. The van der Waals surface area contributed by atoms with Crippen LogP contribution in [-0.4, -0.2) is 77.4 Å². The Balaban J connectivity index is 1.73. The largest absolute Gasteiger partial charge is 0.466 e. The summed E-state index contributed by atoms with van der Waals surface area (Å²) in [5.74, 6) is -2.54. The number of amides is 2. The molecule has 0 aromatic heterocycles. The molecule has 6 atom stereocenters. The SMILES string of the molecule is CCOC(=O)[C@H]1[C@H]2C(=O)N([C@@H](CO)CC(C)C)C(C(=O)Nc3ccc(N(CC)CC)cc3)C23CC[C@]1(CC)O3. The van der Waals surface area contributed by atoms with E-state index in [1.807, 2.05) is 45.0 Å². The molecule has 0 radical (unpaired) electrons. The number of anilines is 2. The molecule has 2 N–H and O–H groups in total. The molecule has 3 aliphatic heterocycles. The zero-order valence-corrected chi connectivity index (χ0v) is 24.2. The highest BCUT2D eigenvalue weighted by Gasteiger charge is 2.79. The molecule has 39 heavy (non-hydrogen) atoms. The van der Waals surface area contributed by atoms with Gasteiger partial charge in [-0.15, -0.1) is 0 Å². The summed E-state index contributed by atoms with van der Waals surface area (Å²) in [6.45, 7) is 13.6. The summed E-state index contributed by atoms with van der Waals surface area (Å²) in [5.41, 5.74) is -0.311. The van der Waals surface area contributed by atoms with E-state index >= 15 is 0 Å². The van der Waals surface area contributed by atoms with Gasteiger partial charge in [-0.1, -0.05) is 20.8 Å². The molecule has 9 nitrogen and oxygen atoms in total. The van der Waals surface area contributed by atoms with Gasteiger partial charge in [0, 0.05) is 24.5 Å². The predicted octanol–water partition coefficient (Wildman–Crippen LogP) is 3.60. The van der Waals surface area contributed by atoms with Crippen molar-refractivity contribution >= 4 is 29.2 Å². The van der Waals surface area contributed by atoms with Crippen molar-refractivity contribution in [1.82, 2.24) is 4.90 Å². The number of nitrogens with zero attached hydrogens (tertiary/aromatic N) is 2. The number of carbonyl (C=O) groups is 3. The molecule has 1 spiro atoms. The van der Waals surface area contributed by atoms with E-state index < -0.39 is 41.1 Å². The van der Waals surface area contributed by atoms with Crippen LogP contribution in [0, 0.1) is 17.8 Å². The van der Waals surface area contributed by atoms with Crippen molar-refractivity contribution in [3.05, 3.63) is 24.3 Å². The highest BCUT2D eigenvalue weighted by atomic mass is 16.6. The van der Waals surface area contributed by atoms with Gasteiger partial charge in [0.25, 0.3) is 0 Å². The van der Waals surface area contributed by atoms with E-state index in [2.05, 4.69) is 24.1 Å². The van der Waals surface area contributed by atoms with Gasteiger partial charge in [0.15, 0.2) is 0 Å². The maximum atomic E-state index is 14.2. The molecule has 3 aliphatic rings. The van der Waals surface area contributed by atoms with Crippen LogP contribution >= 0.6 is 0 Å². The van der Waals surface area contributed by atoms with Crippen molar-refractivity contribution < 1.29 is 29.0 Å². The van der Waals surface area contributed by atoms with Crippen LogP contribution < -0.4 is 10.2 Å². The number of aliphatic hydroxyl groups excluding tert-OH is 1. The highest BCUT2D eigenvalue weighted by Crippen LogP contribution is 2.64. The number of hydrogen-bond donors (Lipinski definition) is 2. The molecule has 3 heterocycles. The fraction of sp³-hybridized carbons (Fsp3) is 0.700. The van der Waals surface area contributed by atoms with Gasteiger partial charge in [-0.05, 0) is 76.6 Å². The number of benzene rings is 1. The molecule has 2 amide bonds. The number of likely N-dealkylation sites (tertiary alicyclic amines) is 1. The second kappa shape index (κ2) is 11.5. The molecular formula is C30H45N3O6. The van der Waals surface area contributed by atoms with E-state index in [1.165, 1.54) is 4.90 Å². The lowest BCUT2D eigenvalue weighted by molar-refractivity contribution is -0.161. The van der Waals surface area contributed by atoms with Crippen molar-refractivity contribution in [2.75, 3.05) is 36.5 Å². The van der Waals surface area contributed by atoms with E-state index in [4.69, 9.17) is 9.47 Å². The van der Waals surface area contributed by atoms with Gasteiger partial charge in [-0.25, -0.2) is 0 Å². The molecule has 9 heteroatoms. The summed E-state index contributed by atoms with van der Waals surface area (Å²) in [7, 11) is 0. The van der Waals surface area contributed by atoms with Crippen LogP contribution in [0.3, 0.4) is 0 Å². The molecule has 2 bridgehead atoms. The Hall–Kier alpha value is -2.65. The lowest BCUT2D eigenvalue weighted by Crippen LogP contribution is -2.56. The molecule has 2 unspecified atom stereocenters. The minimum absolute atomic E-state index is 0.185. The third kappa shape index (κ3) is 4.82. The van der Waals surface area contributed by atoms with E-state index in [9.17, 15) is 19.5 Å². The summed E-state index contributed by atoms with van der Waals surface area (Å²) in [4.78, 5) is 45.4. The average molecular weight is 544 g/mol. The van der Waals surface area contributed by atoms with Crippen LogP contribution in [0.1, 0.15) is 67.2 Å². The van der Waals surface area contributed by atoms with E-state index in [-0.39, 0.29) is 30.9 Å². The zero-order chi connectivity index (χ0) is 28.5. The van der Waals surface area contributed by atoms with Gasteiger partial charge >= 0.3 is 5.97 Å². The van der Waals surface area contributed by atoms with Crippen molar-refractivity contribution in [1.29, 1.82) is 0 Å². The zero-order valence-electron chi connectivity index (χ0n) is 24.2. The molecule has 0 aliphatic carbocycles. The van der Waals surface area contributed by atoms with Crippen molar-refractivity contribution in [3.63, 3.8) is 0 Å². The molecule has 4 rings (SSSR count). The minimum Gasteiger partial charge on any atom is -0.466 e. The van der Waals surface area contributed by atoms with E-state index in [0.717, 1.165) is 18.8 Å². The molecule has 1 aromatic rings. The number of rotatable bonds is 12. The minimum atomic E-state index is -1.15. The standard InChI is InChI=1S/C30H45N3O6/c1-7-29-15-16-30(39-29)23(24(29)28(37)38-10-4)27(36)33(22(18-34)17-19(5)6)25(30)26(35)31-20-11-13-21(14-12-20)32(8-2)9-3/h11-14,19,22-25,34H,7-10,15-18H2,1-6H3,(H,31,35)/t22-,23+,24-,25?,29+,30?/m1/s1. The van der Waals surface area contributed by atoms with E-state index in [0.29, 0.717) is 31.4 Å². The Kier molecular flexibility index (Phi) is 8.61. The van der Waals surface area contributed by atoms with E-state index in [1.54, 1.807) is 6.92 Å². The van der Waals surface area contributed by atoms with Crippen LogP contribution in [0.15, 0.2) is 24.3 Å². The van der Waals surface area contributed by atoms with Gasteiger partial charge in [0.2, 0.25) is 11.8 Å². The van der Waals surface area contributed by atoms with Crippen LogP contribution in [-0.2, 0) is 23.9 Å². The number of hydrogen-bond acceptors (Lipinski definition) is 7. The first-order valence-electron chi connectivity index (χ1n) is 14.6. The Morgan fingerprint density at radius 1 is 1.15 bits per heavy atom. The van der Waals surface area contributed by atoms with Gasteiger partial charge in [0.05, 0.1) is 30.8 Å². The average Bonchev–Trinajstić information content (AvgIpc) is 3.52. The second-order valence-electron chi connectivity index (χ2n) is 11.5. The van der Waals surface area contributed by atoms with Crippen LogP contribution in [0.2, 0.25) is 0 Å². The second-order valence-corrected chi connectivity index (χ2v) is 11.5. The number of nitrogens with one attached hydrogen (secondary N) is 1. The number of esters is 1. The fourth-order valence-electron chi connectivity index (χ4n) is 7.31. The van der Waals surface area contributed by atoms with Crippen molar-refractivity contribution in [3.8, 4) is 0 Å². The number of ether oxygens (including phenoxy) is 2. The molecule has 0 saturated carbocycles. The molecular weight excluding hydrogens is 498 g/mol. The first-order chi connectivity index (χ1) is 18.6. The lowest BCUT2D eigenvalue weighted by atomic mass is 9.65. The first kappa shape index (κ1) is 29.3. The third-order valence-corrected chi connectivity index (χ3v) is 9.02.